The number of rotatable bonds is 3. The second-order valence-electron chi connectivity index (χ2n) is 4.95. The summed E-state index contributed by atoms with van der Waals surface area (Å²) >= 11 is 0. The molecule has 1 aromatic rings. The van der Waals surface area contributed by atoms with Gasteiger partial charge in [-0.3, -0.25) is 4.90 Å². The van der Waals surface area contributed by atoms with Crippen LogP contribution in [0.2, 0.25) is 0 Å². The molecule has 1 N–H and O–H groups in total. The van der Waals surface area contributed by atoms with E-state index < -0.39 is 17.6 Å². The molecule has 6 heteroatoms. The number of benzene rings is 1. The van der Waals surface area contributed by atoms with Crippen LogP contribution in [0.25, 0.3) is 0 Å². The largest absolute Gasteiger partial charge is 0.419 e. The van der Waals surface area contributed by atoms with Crippen molar-refractivity contribution in [2.45, 2.75) is 25.6 Å². The van der Waals surface area contributed by atoms with Gasteiger partial charge >= 0.3 is 6.18 Å². The third kappa shape index (κ3) is 3.30. The molecule has 0 unspecified atom stereocenters. The second-order valence-corrected chi connectivity index (χ2v) is 4.95. The standard InChI is InChI=1S/C14H18F4N2/c1-2-13(20-7-5-19-6-8-20)10-3-4-12(15)11(9-10)14(16,17)18/h3-4,9,13,19H,2,5-8H2,1H3/t13-/m0/s1. The highest BCUT2D eigenvalue weighted by Crippen LogP contribution is 2.34. The van der Waals surface area contributed by atoms with Crippen LogP contribution in [0.5, 0.6) is 0 Å². The summed E-state index contributed by atoms with van der Waals surface area (Å²) < 4.78 is 51.7. The first-order valence-corrected chi connectivity index (χ1v) is 6.75. The minimum Gasteiger partial charge on any atom is -0.314 e. The Morgan fingerprint density at radius 3 is 2.45 bits per heavy atom. The summed E-state index contributed by atoms with van der Waals surface area (Å²) in [5.74, 6) is -1.21. The maximum absolute atomic E-state index is 13.3. The van der Waals surface area contributed by atoms with Gasteiger partial charge in [0.15, 0.2) is 0 Å². The lowest BCUT2D eigenvalue weighted by Crippen LogP contribution is -2.45. The smallest absolute Gasteiger partial charge is 0.314 e. The van der Waals surface area contributed by atoms with Crippen LogP contribution >= 0.6 is 0 Å². The molecule has 0 radical (unpaired) electrons. The summed E-state index contributed by atoms with van der Waals surface area (Å²) in [7, 11) is 0. The summed E-state index contributed by atoms with van der Waals surface area (Å²) in [6, 6.07) is 3.23. The zero-order valence-electron chi connectivity index (χ0n) is 11.3. The van der Waals surface area contributed by atoms with E-state index in [4.69, 9.17) is 0 Å². The van der Waals surface area contributed by atoms with Crippen LogP contribution in [0.15, 0.2) is 18.2 Å². The van der Waals surface area contributed by atoms with Crippen LogP contribution in [0.1, 0.15) is 30.5 Å². The summed E-state index contributed by atoms with van der Waals surface area (Å²) in [6.07, 6.45) is -3.95. The van der Waals surface area contributed by atoms with E-state index >= 15 is 0 Å². The molecule has 1 saturated heterocycles. The van der Waals surface area contributed by atoms with Crippen molar-refractivity contribution in [1.29, 1.82) is 0 Å². The van der Waals surface area contributed by atoms with Gasteiger partial charge in [0.25, 0.3) is 0 Å². The van der Waals surface area contributed by atoms with E-state index in [-0.39, 0.29) is 6.04 Å². The number of hydrogen-bond donors (Lipinski definition) is 1. The predicted octanol–water partition coefficient (Wildman–Crippen LogP) is 3.20. The van der Waals surface area contributed by atoms with Crippen molar-refractivity contribution in [2.75, 3.05) is 26.2 Å². The van der Waals surface area contributed by atoms with Gasteiger partial charge < -0.3 is 5.32 Å². The van der Waals surface area contributed by atoms with Crippen LogP contribution in [-0.2, 0) is 6.18 Å². The monoisotopic (exact) mass is 290 g/mol. The minimum atomic E-state index is -4.65. The molecule has 112 valence electrons. The van der Waals surface area contributed by atoms with Crippen molar-refractivity contribution in [3.63, 3.8) is 0 Å². The molecule has 1 aliphatic rings. The number of piperazine rings is 1. The Bertz CT molecular complexity index is 453. The lowest BCUT2D eigenvalue weighted by Gasteiger charge is -2.35. The zero-order chi connectivity index (χ0) is 14.8. The Balaban J connectivity index is 2.30. The molecule has 0 saturated carbocycles. The molecule has 0 aliphatic carbocycles. The van der Waals surface area contributed by atoms with Gasteiger partial charge in [0.05, 0.1) is 5.56 Å². The fraction of sp³-hybridized carbons (Fsp3) is 0.571. The number of halogens is 4. The average molecular weight is 290 g/mol. The van der Waals surface area contributed by atoms with Gasteiger partial charge in [-0.05, 0) is 24.1 Å². The van der Waals surface area contributed by atoms with E-state index in [1.807, 2.05) is 6.92 Å². The quantitative estimate of drug-likeness (QED) is 0.860. The Labute approximate surface area is 115 Å². The van der Waals surface area contributed by atoms with Gasteiger partial charge in [-0.15, -0.1) is 0 Å². The molecule has 2 nitrogen and oxygen atoms in total. The number of hydrogen-bond acceptors (Lipinski definition) is 2. The zero-order valence-corrected chi connectivity index (χ0v) is 11.3. The lowest BCUT2D eigenvalue weighted by molar-refractivity contribution is -0.140. The fourth-order valence-electron chi connectivity index (χ4n) is 2.67. The molecule has 1 fully saturated rings. The molecule has 1 aromatic carbocycles. The predicted molar refractivity (Wildman–Crippen MR) is 68.9 cm³/mol. The molecule has 0 amide bonds. The van der Waals surface area contributed by atoms with Gasteiger partial charge in [-0.1, -0.05) is 13.0 Å². The van der Waals surface area contributed by atoms with Crippen LogP contribution in [0, 0.1) is 5.82 Å². The van der Waals surface area contributed by atoms with Crippen LogP contribution in [-0.4, -0.2) is 31.1 Å². The maximum atomic E-state index is 13.3. The molecule has 2 rings (SSSR count). The molecule has 1 atom stereocenters. The van der Waals surface area contributed by atoms with Gasteiger partial charge in [-0.2, -0.15) is 13.2 Å². The molecule has 1 heterocycles. The molecular formula is C14H18F4N2. The lowest BCUT2D eigenvalue weighted by atomic mass is 9.99. The van der Waals surface area contributed by atoms with Gasteiger partial charge in [0.2, 0.25) is 0 Å². The number of nitrogens with zero attached hydrogens (tertiary/aromatic N) is 1. The van der Waals surface area contributed by atoms with Crippen molar-refractivity contribution in [3.8, 4) is 0 Å². The molecule has 0 aromatic heterocycles. The number of nitrogens with one attached hydrogen (secondary N) is 1. The summed E-state index contributed by atoms with van der Waals surface area (Å²) in [5, 5.41) is 3.21. The second kappa shape index (κ2) is 6.10. The topological polar surface area (TPSA) is 15.3 Å². The third-order valence-electron chi connectivity index (χ3n) is 3.66. The molecule has 0 bridgehead atoms. The molecular weight excluding hydrogens is 272 g/mol. The van der Waals surface area contributed by atoms with E-state index in [1.54, 1.807) is 0 Å². The highest BCUT2D eigenvalue weighted by molar-refractivity contribution is 5.29. The van der Waals surface area contributed by atoms with Crippen LogP contribution < -0.4 is 5.32 Å². The molecule has 0 spiro atoms. The highest BCUT2D eigenvalue weighted by Gasteiger charge is 2.35. The first-order chi connectivity index (χ1) is 9.43. The maximum Gasteiger partial charge on any atom is 0.419 e. The SMILES string of the molecule is CC[C@@H](c1ccc(F)c(C(F)(F)F)c1)N1CCNCC1. The van der Waals surface area contributed by atoms with Crippen LogP contribution in [0.4, 0.5) is 17.6 Å². The summed E-state index contributed by atoms with van der Waals surface area (Å²) in [6.45, 7) is 5.16. The Kier molecular flexibility index (Phi) is 4.65. The van der Waals surface area contributed by atoms with E-state index in [9.17, 15) is 17.6 Å². The number of alkyl halides is 3. The molecule has 1 aliphatic heterocycles. The van der Waals surface area contributed by atoms with Crippen LogP contribution in [0.3, 0.4) is 0 Å². The Morgan fingerprint density at radius 1 is 1.25 bits per heavy atom. The van der Waals surface area contributed by atoms with Gasteiger partial charge in [0.1, 0.15) is 5.82 Å². The Hall–Kier alpha value is -1.14. The minimum absolute atomic E-state index is 0.0983. The van der Waals surface area contributed by atoms with Gasteiger partial charge in [0, 0.05) is 32.2 Å². The first-order valence-electron chi connectivity index (χ1n) is 6.75. The van der Waals surface area contributed by atoms with Crippen molar-refractivity contribution in [1.82, 2.24) is 10.2 Å². The van der Waals surface area contributed by atoms with Crippen molar-refractivity contribution in [2.24, 2.45) is 0 Å². The normalized spacial score (nSPS) is 19.1. The first kappa shape index (κ1) is 15.3. The van der Waals surface area contributed by atoms with Crippen molar-refractivity contribution >= 4 is 0 Å². The van der Waals surface area contributed by atoms with Gasteiger partial charge in [-0.25, -0.2) is 4.39 Å². The summed E-state index contributed by atoms with van der Waals surface area (Å²) in [5.41, 5.74) is -0.647. The fourth-order valence-corrected chi connectivity index (χ4v) is 2.67. The van der Waals surface area contributed by atoms with E-state index in [0.29, 0.717) is 12.0 Å². The van der Waals surface area contributed by atoms with E-state index in [2.05, 4.69) is 10.2 Å². The van der Waals surface area contributed by atoms with Crippen molar-refractivity contribution in [3.05, 3.63) is 35.1 Å². The van der Waals surface area contributed by atoms with Crippen molar-refractivity contribution < 1.29 is 17.6 Å². The van der Waals surface area contributed by atoms with E-state index in [1.165, 1.54) is 6.07 Å². The third-order valence-corrected chi connectivity index (χ3v) is 3.66. The molecule has 20 heavy (non-hydrogen) atoms. The average Bonchev–Trinajstić information content (AvgIpc) is 2.41. The summed E-state index contributed by atoms with van der Waals surface area (Å²) in [4.78, 5) is 2.14. The van der Waals surface area contributed by atoms with E-state index in [0.717, 1.165) is 38.3 Å². The Morgan fingerprint density at radius 2 is 1.90 bits per heavy atom. The highest BCUT2D eigenvalue weighted by atomic mass is 19.4.